The second-order valence-corrected chi connectivity index (χ2v) is 4.72. The summed E-state index contributed by atoms with van der Waals surface area (Å²) in [6.45, 7) is 4.30. The van der Waals surface area contributed by atoms with E-state index in [4.69, 9.17) is 5.26 Å². The minimum Gasteiger partial charge on any atom is -0.268 e. The van der Waals surface area contributed by atoms with Crippen LogP contribution in [0, 0.1) is 30.1 Å². The van der Waals surface area contributed by atoms with Gasteiger partial charge in [0.2, 0.25) is 0 Å². The third kappa shape index (κ3) is 2.04. The molecule has 0 N–H and O–H groups in total. The lowest BCUT2D eigenvalue weighted by Crippen LogP contribution is -2.26. The first-order chi connectivity index (χ1) is 7.20. The fourth-order valence-corrected chi connectivity index (χ4v) is 2.41. The lowest BCUT2D eigenvalue weighted by atomic mass is 9.80. The van der Waals surface area contributed by atoms with E-state index in [0.29, 0.717) is 5.92 Å². The highest BCUT2D eigenvalue weighted by atomic mass is 15.3. The summed E-state index contributed by atoms with van der Waals surface area (Å²) in [7, 11) is 0. The van der Waals surface area contributed by atoms with Crippen molar-refractivity contribution in [3.8, 4) is 6.07 Å². The van der Waals surface area contributed by atoms with Crippen molar-refractivity contribution in [1.29, 1.82) is 5.26 Å². The van der Waals surface area contributed by atoms with Gasteiger partial charge in [0.1, 0.15) is 0 Å². The molecule has 3 heteroatoms. The summed E-state index contributed by atoms with van der Waals surface area (Å²) in [6, 6.07) is 2.71. The molecular weight excluding hydrogens is 186 g/mol. The van der Waals surface area contributed by atoms with Crippen molar-refractivity contribution in [2.24, 2.45) is 11.8 Å². The second kappa shape index (κ2) is 4.06. The van der Waals surface area contributed by atoms with Crippen molar-refractivity contribution in [1.82, 2.24) is 9.78 Å². The summed E-state index contributed by atoms with van der Waals surface area (Å²) in [6.07, 6.45) is 7.19. The lowest BCUT2D eigenvalue weighted by molar-refractivity contribution is 0.218. The Balaban J connectivity index is 2.21. The highest BCUT2D eigenvalue weighted by Crippen LogP contribution is 2.36. The smallest absolute Gasteiger partial charge is 0.0688 e. The predicted molar refractivity (Wildman–Crippen MR) is 58.1 cm³/mol. The monoisotopic (exact) mass is 203 g/mol. The minimum atomic E-state index is 0.139. The van der Waals surface area contributed by atoms with Gasteiger partial charge in [-0.2, -0.15) is 10.4 Å². The first kappa shape index (κ1) is 10.2. The fourth-order valence-electron chi connectivity index (χ4n) is 2.41. The van der Waals surface area contributed by atoms with Crippen LogP contribution in [0.5, 0.6) is 0 Å². The van der Waals surface area contributed by atoms with Gasteiger partial charge in [0, 0.05) is 6.20 Å². The highest BCUT2D eigenvalue weighted by Gasteiger charge is 2.30. The average molecular weight is 203 g/mol. The molecule has 0 amide bonds. The van der Waals surface area contributed by atoms with Crippen LogP contribution < -0.4 is 0 Å². The number of hydrogen-bond acceptors (Lipinski definition) is 2. The maximum atomic E-state index is 9.12. The molecule has 0 saturated heterocycles. The Morgan fingerprint density at radius 2 is 2.33 bits per heavy atom. The van der Waals surface area contributed by atoms with Gasteiger partial charge in [-0.05, 0) is 37.7 Å². The first-order valence-electron chi connectivity index (χ1n) is 5.61. The van der Waals surface area contributed by atoms with Crippen molar-refractivity contribution in [3.63, 3.8) is 0 Å². The number of hydrogen-bond donors (Lipinski definition) is 0. The first-order valence-corrected chi connectivity index (χ1v) is 5.61. The van der Waals surface area contributed by atoms with E-state index < -0.39 is 0 Å². The van der Waals surface area contributed by atoms with E-state index in [1.807, 2.05) is 24.0 Å². The molecule has 3 atom stereocenters. The third-order valence-electron chi connectivity index (χ3n) is 3.32. The zero-order valence-electron chi connectivity index (χ0n) is 9.35. The van der Waals surface area contributed by atoms with Crippen molar-refractivity contribution in [3.05, 3.63) is 18.0 Å². The molecular formula is C12H17N3. The molecule has 1 aromatic heterocycles. The summed E-state index contributed by atoms with van der Waals surface area (Å²) in [4.78, 5) is 0. The van der Waals surface area contributed by atoms with Crippen molar-refractivity contribution in [2.45, 2.75) is 39.2 Å². The normalized spacial score (nSPS) is 31.1. The molecule has 3 unspecified atom stereocenters. The molecule has 1 aliphatic rings. The average Bonchev–Trinajstić information content (AvgIpc) is 2.65. The SMILES string of the molecule is Cc1cnn(C2CC(C)CCC2C#N)c1. The summed E-state index contributed by atoms with van der Waals surface area (Å²) in [5.74, 6) is 0.851. The fraction of sp³-hybridized carbons (Fsp3) is 0.667. The Bertz CT molecular complexity index is 374. The van der Waals surface area contributed by atoms with Gasteiger partial charge < -0.3 is 0 Å². The topological polar surface area (TPSA) is 41.6 Å². The van der Waals surface area contributed by atoms with Crippen molar-refractivity contribution in [2.75, 3.05) is 0 Å². The quantitative estimate of drug-likeness (QED) is 0.704. The van der Waals surface area contributed by atoms with Gasteiger partial charge in [-0.25, -0.2) is 0 Å². The Hall–Kier alpha value is -1.30. The summed E-state index contributed by atoms with van der Waals surface area (Å²) < 4.78 is 1.98. The van der Waals surface area contributed by atoms with Crippen LogP contribution in [0.1, 0.15) is 37.8 Å². The van der Waals surface area contributed by atoms with E-state index in [1.54, 1.807) is 0 Å². The Labute approximate surface area is 90.7 Å². The van der Waals surface area contributed by atoms with Gasteiger partial charge in [0.05, 0.1) is 24.2 Å². The van der Waals surface area contributed by atoms with E-state index >= 15 is 0 Å². The Morgan fingerprint density at radius 1 is 1.53 bits per heavy atom. The summed E-state index contributed by atoms with van der Waals surface area (Å²) >= 11 is 0. The molecule has 2 rings (SSSR count). The van der Waals surface area contributed by atoms with Gasteiger partial charge in [-0.15, -0.1) is 0 Å². The van der Waals surface area contributed by atoms with E-state index in [2.05, 4.69) is 18.1 Å². The standard InChI is InChI=1S/C12H17N3/c1-9-3-4-11(6-13)12(5-9)15-8-10(2)7-14-15/h7-9,11-12H,3-5H2,1-2H3. The molecule has 0 bridgehead atoms. The number of aromatic nitrogens is 2. The number of aryl methyl sites for hydroxylation is 1. The van der Waals surface area contributed by atoms with Gasteiger partial charge in [0.15, 0.2) is 0 Å². The number of nitriles is 1. The van der Waals surface area contributed by atoms with Gasteiger partial charge in [-0.3, -0.25) is 4.68 Å². The number of nitrogens with zero attached hydrogens (tertiary/aromatic N) is 3. The molecule has 1 saturated carbocycles. The van der Waals surface area contributed by atoms with E-state index in [9.17, 15) is 0 Å². The van der Waals surface area contributed by atoms with Crippen LogP contribution in [0.4, 0.5) is 0 Å². The molecule has 3 nitrogen and oxygen atoms in total. The zero-order chi connectivity index (χ0) is 10.8. The molecule has 0 aromatic carbocycles. The molecule has 0 aliphatic heterocycles. The second-order valence-electron chi connectivity index (χ2n) is 4.72. The molecule has 80 valence electrons. The Kier molecular flexibility index (Phi) is 2.77. The third-order valence-corrected chi connectivity index (χ3v) is 3.32. The van der Waals surface area contributed by atoms with E-state index in [0.717, 1.165) is 12.8 Å². The van der Waals surface area contributed by atoms with Gasteiger partial charge in [0.25, 0.3) is 0 Å². The van der Waals surface area contributed by atoms with Gasteiger partial charge >= 0.3 is 0 Å². The molecule has 1 fully saturated rings. The summed E-state index contributed by atoms with van der Waals surface area (Å²) in [5, 5.41) is 13.5. The number of rotatable bonds is 1. The maximum absolute atomic E-state index is 9.12. The lowest BCUT2D eigenvalue weighted by Gasteiger charge is -2.31. The largest absolute Gasteiger partial charge is 0.268 e. The van der Waals surface area contributed by atoms with Crippen LogP contribution in [-0.2, 0) is 0 Å². The van der Waals surface area contributed by atoms with Crippen LogP contribution in [-0.4, -0.2) is 9.78 Å². The van der Waals surface area contributed by atoms with Crippen LogP contribution >= 0.6 is 0 Å². The van der Waals surface area contributed by atoms with Crippen LogP contribution in [0.15, 0.2) is 12.4 Å². The van der Waals surface area contributed by atoms with E-state index in [-0.39, 0.29) is 12.0 Å². The van der Waals surface area contributed by atoms with Gasteiger partial charge in [-0.1, -0.05) is 6.92 Å². The molecule has 0 radical (unpaired) electrons. The van der Waals surface area contributed by atoms with Crippen molar-refractivity contribution >= 4 is 0 Å². The molecule has 1 aliphatic carbocycles. The minimum absolute atomic E-state index is 0.139. The zero-order valence-corrected chi connectivity index (χ0v) is 9.35. The molecule has 1 aromatic rings. The molecule has 0 spiro atoms. The highest BCUT2D eigenvalue weighted by molar-refractivity contribution is 5.03. The van der Waals surface area contributed by atoms with Crippen molar-refractivity contribution < 1.29 is 0 Å². The molecule has 15 heavy (non-hydrogen) atoms. The van der Waals surface area contributed by atoms with Crippen LogP contribution in [0.25, 0.3) is 0 Å². The Morgan fingerprint density at radius 3 is 2.93 bits per heavy atom. The molecule has 1 heterocycles. The van der Waals surface area contributed by atoms with Crippen LogP contribution in [0.3, 0.4) is 0 Å². The van der Waals surface area contributed by atoms with Crippen LogP contribution in [0.2, 0.25) is 0 Å². The maximum Gasteiger partial charge on any atom is 0.0688 e. The summed E-state index contributed by atoms with van der Waals surface area (Å²) in [5.41, 5.74) is 1.17. The predicted octanol–water partition coefficient (Wildman–Crippen LogP) is 2.69. The van der Waals surface area contributed by atoms with E-state index in [1.165, 1.54) is 12.0 Å².